The van der Waals surface area contributed by atoms with Crippen LogP contribution in [0, 0.1) is 0 Å². The number of amides is 2. The highest BCUT2D eigenvalue weighted by Gasteiger charge is 2.41. The Balaban J connectivity index is 0.933. The van der Waals surface area contributed by atoms with Crippen LogP contribution in [0.25, 0.3) is 10.9 Å². The molecule has 0 bridgehead atoms. The van der Waals surface area contributed by atoms with Crippen LogP contribution in [0.15, 0.2) is 151 Å². The average Bonchev–Trinajstić information content (AvgIpc) is 3.79. The number of para-hydroxylation sites is 1. The molecule has 4 atom stereocenters. The van der Waals surface area contributed by atoms with E-state index in [2.05, 4.69) is 0 Å². The summed E-state index contributed by atoms with van der Waals surface area (Å²) < 4.78 is 61.5. The van der Waals surface area contributed by atoms with Gasteiger partial charge < -0.3 is 23.7 Å². The molecule has 2 amide bonds. The highest BCUT2D eigenvalue weighted by atomic mass is 32.2. The summed E-state index contributed by atoms with van der Waals surface area (Å²) in [4.78, 5) is 27.1. The van der Waals surface area contributed by atoms with Gasteiger partial charge in [0.15, 0.2) is 6.29 Å². The van der Waals surface area contributed by atoms with Crippen LogP contribution in [0.4, 0.5) is 0 Å². The van der Waals surface area contributed by atoms with E-state index in [1.165, 1.54) is 8.87 Å². The number of unbranched alkanes of at least 4 members (excludes halogenated alkanes) is 2. The summed E-state index contributed by atoms with van der Waals surface area (Å²) in [5, 5.41) is 0.825. The molecule has 6 aromatic rings. The third-order valence-electron chi connectivity index (χ3n) is 11.1. The number of hydrogen-bond donors (Lipinski definition) is 0. The van der Waals surface area contributed by atoms with E-state index in [9.17, 15) is 18.0 Å². The third kappa shape index (κ3) is 10.0. The molecule has 0 radical (unpaired) electrons. The minimum absolute atomic E-state index is 0.212. The molecule has 2 aliphatic heterocycles. The summed E-state index contributed by atoms with van der Waals surface area (Å²) in [5.41, 5.74) is 4.38. The highest BCUT2D eigenvalue weighted by Crippen LogP contribution is 2.31. The van der Waals surface area contributed by atoms with E-state index in [1.807, 2.05) is 84.9 Å². The number of imide groups is 1. The summed E-state index contributed by atoms with van der Waals surface area (Å²) in [5.74, 6) is -0.471. The maximum absolute atomic E-state index is 13.8. The number of hydrogen-bond acceptors (Lipinski definition) is 9. The summed E-state index contributed by atoms with van der Waals surface area (Å²) in [6, 6.07) is 42.7. The molecule has 0 saturated carbocycles. The van der Waals surface area contributed by atoms with Crippen LogP contribution in [0.1, 0.15) is 63.1 Å². The van der Waals surface area contributed by atoms with E-state index in [0.717, 1.165) is 34.9 Å². The Morgan fingerprint density at radius 3 is 1.93 bits per heavy atom. The first-order valence-electron chi connectivity index (χ1n) is 20.9. The maximum atomic E-state index is 13.8. The molecule has 1 aromatic heterocycles. The molecule has 316 valence electrons. The van der Waals surface area contributed by atoms with Gasteiger partial charge in [0.05, 0.1) is 60.2 Å². The Morgan fingerprint density at radius 2 is 1.25 bits per heavy atom. The molecule has 3 heterocycles. The lowest BCUT2D eigenvalue weighted by molar-refractivity contribution is -0.292. The predicted octanol–water partition coefficient (Wildman–Crippen LogP) is 8.21. The number of benzene rings is 5. The quantitative estimate of drug-likeness (QED) is 0.0553. The Labute approximate surface area is 356 Å². The molecule has 0 aliphatic carbocycles. The molecular weight excluding hydrogens is 793 g/mol. The first-order chi connectivity index (χ1) is 29.9. The summed E-state index contributed by atoms with van der Waals surface area (Å²) in [7, 11) is -3.84. The van der Waals surface area contributed by atoms with Crippen molar-refractivity contribution in [2.45, 2.75) is 74.8 Å². The molecular formula is C49H50N2O9S. The number of aromatic nitrogens is 1. The molecule has 0 N–H and O–H groups in total. The number of rotatable bonds is 20. The van der Waals surface area contributed by atoms with Crippen LogP contribution < -0.4 is 0 Å². The molecule has 0 spiro atoms. The fourth-order valence-electron chi connectivity index (χ4n) is 7.94. The zero-order chi connectivity index (χ0) is 42.0. The number of carbonyl (C=O) groups excluding carboxylic acids is 2. The molecule has 2 aliphatic rings. The van der Waals surface area contributed by atoms with Crippen LogP contribution >= 0.6 is 0 Å². The van der Waals surface area contributed by atoms with E-state index in [1.54, 1.807) is 60.8 Å². The van der Waals surface area contributed by atoms with Crippen molar-refractivity contribution in [2.24, 2.45) is 0 Å². The number of ether oxygens (including phenoxy) is 5. The van der Waals surface area contributed by atoms with E-state index in [0.29, 0.717) is 68.9 Å². The fourth-order valence-corrected chi connectivity index (χ4v) is 9.35. The Morgan fingerprint density at radius 1 is 0.639 bits per heavy atom. The van der Waals surface area contributed by atoms with Crippen LogP contribution in [0.5, 0.6) is 0 Å². The van der Waals surface area contributed by atoms with Gasteiger partial charge in [-0.15, -0.1) is 0 Å². The van der Waals surface area contributed by atoms with Crippen LogP contribution in [0.2, 0.25) is 0 Å². The van der Waals surface area contributed by atoms with Crippen LogP contribution in [-0.4, -0.2) is 80.1 Å². The summed E-state index contributed by atoms with van der Waals surface area (Å²) in [6.07, 6.45) is 2.67. The lowest BCUT2D eigenvalue weighted by Gasteiger charge is -2.41. The molecule has 5 aromatic carbocycles. The molecule has 1 fully saturated rings. The van der Waals surface area contributed by atoms with Gasteiger partial charge >= 0.3 is 0 Å². The first-order valence-corrected chi connectivity index (χ1v) is 22.3. The van der Waals surface area contributed by atoms with Crippen LogP contribution in [-0.2, 0) is 53.3 Å². The van der Waals surface area contributed by atoms with Crippen molar-refractivity contribution in [3.63, 3.8) is 0 Å². The maximum Gasteiger partial charge on any atom is 0.268 e. The van der Waals surface area contributed by atoms with Crippen molar-refractivity contribution in [2.75, 3.05) is 26.4 Å². The number of fused-ring (bicyclic) bond motifs is 2. The summed E-state index contributed by atoms with van der Waals surface area (Å²) in [6.45, 7) is 2.07. The van der Waals surface area contributed by atoms with Gasteiger partial charge in [-0.1, -0.05) is 109 Å². The van der Waals surface area contributed by atoms with Gasteiger partial charge in [0.2, 0.25) is 0 Å². The van der Waals surface area contributed by atoms with E-state index >= 15 is 0 Å². The Bertz CT molecular complexity index is 2460. The Kier molecular flexibility index (Phi) is 13.8. The van der Waals surface area contributed by atoms with E-state index in [-0.39, 0.29) is 29.4 Å². The normalized spacial score (nSPS) is 19.1. The molecule has 8 rings (SSSR count). The van der Waals surface area contributed by atoms with E-state index in [4.69, 9.17) is 23.7 Å². The Hall–Kier alpha value is -5.47. The van der Waals surface area contributed by atoms with Gasteiger partial charge in [0.1, 0.15) is 6.10 Å². The second-order valence-corrected chi connectivity index (χ2v) is 17.1. The third-order valence-corrected chi connectivity index (χ3v) is 12.8. The minimum atomic E-state index is -3.84. The van der Waals surface area contributed by atoms with Gasteiger partial charge in [-0.25, -0.2) is 12.4 Å². The monoisotopic (exact) mass is 842 g/mol. The smallest absolute Gasteiger partial charge is 0.268 e. The zero-order valence-corrected chi connectivity index (χ0v) is 34.7. The standard InChI is InChI=1S/C49H50N2O9S/c52-47-42-24-11-12-25-43(42)48(53)50(47)28-15-4-16-29-56-35-39-31-45(58-33-36-17-5-1-6-18-36)46(59-34-37-19-7-2-8-20-37)49(60-39)57-30-27-38-32-51(44-26-14-13-23-41(38)44)61(54,55)40-21-9-3-10-22-40/h1-3,5-14,17-26,32,39,45-46,49H,4,15-16,27-31,33-35H2/t39-,45-,46+,49-/m0/s1. The van der Waals surface area contributed by atoms with Crippen molar-refractivity contribution in [1.82, 2.24) is 8.87 Å². The fraction of sp³-hybridized carbons (Fsp3) is 0.306. The molecule has 12 heteroatoms. The van der Waals surface area contributed by atoms with Gasteiger partial charge in [-0.05, 0) is 72.7 Å². The van der Waals surface area contributed by atoms with Crippen molar-refractivity contribution in [3.05, 3.63) is 174 Å². The first kappa shape index (κ1) is 42.2. The predicted molar refractivity (Wildman–Crippen MR) is 230 cm³/mol. The highest BCUT2D eigenvalue weighted by molar-refractivity contribution is 7.90. The summed E-state index contributed by atoms with van der Waals surface area (Å²) >= 11 is 0. The van der Waals surface area contributed by atoms with Crippen molar-refractivity contribution in [1.29, 1.82) is 0 Å². The zero-order valence-electron chi connectivity index (χ0n) is 33.9. The molecule has 11 nitrogen and oxygen atoms in total. The van der Waals surface area contributed by atoms with Gasteiger partial charge in [0.25, 0.3) is 21.8 Å². The number of nitrogens with zero attached hydrogens (tertiary/aromatic N) is 2. The number of carbonyl (C=O) groups is 2. The molecule has 0 unspecified atom stereocenters. The van der Waals surface area contributed by atoms with Gasteiger partial charge in [0, 0.05) is 31.2 Å². The lowest BCUT2D eigenvalue weighted by atomic mass is 10.0. The lowest BCUT2D eigenvalue weighted by Crippen LogP contribution is -2.53. The van der Waals surface area contributed by atoms with E-state index < -0.39 is 28.5 Å². The second kappa shape index (κ2) is 19.9. The van der Waals surface area contributed by atoms with Crippen molar-refractivity contribution >= 4 is 32.7 Å². The average molecular weight is 843 g/mol. The molecule has 1 saturated heterocycles. The van der Waals surface area contributed by atoms with Gasteiger partial charge in [-0.3, -0.25) is 14.5 Å². The largest absolute Gasteiger partial charge is 0.379 e. The molecule has 61 heavy (non-hydrogen) atoms. The van der Waals surface area contributed by atoms with Gasteiger partial charge in [-0.2, -0.15) is 0 Å². The SMILES string of the molecule is O=C1c2ccccc2C(=O)N1CCCCCOC[C@@H]1C[C@H](OCc2ccccc2)[C@@H](OCc2ccccc2)[C@@H](OCCc2cn(S(=O)(=O)c3ccccc3)c3ccccc23)O1. The minimum Gasteiger partial charge on any atom is -0.379 e. The second-order valence-electron chi connectivity index (χ2n) is 15.3. The van der Waals surface area contributed by atoms with Crippen molar-refractivity contribution in [3.8, 4) is 0 Å². The topological polar surface area (TPSA) is 123 Å². The van der Waals surface area contributed by atoms with Crippen LogP contribution in [0.3, 0.4) is 0 Å². The van der Waals surface area contributed by atoms with Crippen molar-refractivity contribution < 1.29 is 41.7 Å².